The number of rotatable bonds is 0. The summed E-state index contributed by atoms with van der Waals surface area (Å²) >= 11 is 2.81. The third kappa shape index (κ3) is 1.97. The van der Waals surface area contributed by atoms with E-state index >= 15 is 0 Å². The molecule has 5 heteroatoms. The van der Waals surface area contributed by atoms with Crippen molar-refractivity contribution < 1.29 is 15.9 Å². The Kier molecular flexibility index (Phi) is 1.75. The molecule has 1 heterocycles. The van der Waals surface area contributed by atoms with Crippen molar-refractivity contribution in [2.24, 2.45) is 0 Å². The molecule has 1 aromatic rings. The Balaban J connectivity index is 3.53. The lowest BCUT2D eigenvalue weighted by Crippen LogP contribution is -2.08. The molecule has 0 amide bonds. The highest BCUT2D eigenvalue weighted by Crippen LogP contribution is 2.31. The van der Waals surface area contributed by atoms with Crippen LogP contribution < -0.4 is 0 Å². The fourth-order valence-electron chi connectivity index (χ4n) is 0.712. The van der Waals surface area contributed by atoms with E-state index in [1.807, 2.05) is 0 Å². The fourth-order valence-corrected chi connectivity index (χ4v) is 1.08. The summed E-state index contributed by atoms with van der Waals surface area (Å²) in [7, 11) is 0. The second-order valence-corrected chi connectivity index (χ2v) is 2.86. The van der Waals surface area contributed by atoms with Crippen molar-refractivity contribution in [3.05, 3.63) is 27.9 Å². The SMILES string of the molecule is [2H]c1c(Br)nc(C)c(C(F)(F)F)c1[2H]. The highest BCUT2D eigenvalue weighted by molar-refractivity contribution is 9.10. The van der Waals surface area contributed by atoms with Gasteiger partial charge in [-0.3, -0.25) is 0 Å². The Hall–Kier alpha value is -0.580. The van der Waals surface area contributed by atoms with Crippen LogP contribution >= 0.6 is 15.9 Å². The monoisotopic (exact) mass is 241 g/mol. The smallest absolute Gasteiger partial charge is 0.246 e. The number of aryl methyl sites for hydroxylation is 1. The Labute approximate surface area is 78.6 Å². The summed E-state index contributed by atoms with van der Waals surface area (Å²) in [4.78, 5) is 3.49. The number of hydrogen-bond acceptors (Lipinski definition) is 1. The summed E-state index contributed by atoms with van der Waals surface area (Å²) in [5.74, 6) is 0. The zero-order chi connectivity index (χ0) is 11.1. The summed E-state index contributed by atoms with van der Waals surface area (Å²) in [6.07, 6.45) is -4.63. The topological polar surface area (TPSA) is 12.9 Å². The molecule has 0 bridgehead atoms. The van der Waals surface area contributed by atoms with Crippen LogP contribution in [0.5, 0.6) is 0 Å². The van der Waals surface area contributed by atoms with Gasteiger partial charge in [-0.15, -0.1) is 0 Å². The first-order valence-electron chi connectivity index (χ1n) is 3.95. The molecule has 12 heavy (non-hydrogen) atoms. The largest absolute Gasteiger partial charge is 0.418 e. The van der Waals surface area contributed by atoms with Crippen LogP contribution in [0.3, 0.4) is 0 Å². The normalized spacial score (nSPS) is 14.1. The van der Waals surface area contributed by atoms with Crippen LogP contribution in [-0.4, -0.2) is 4.98 Å². The molecule has 0 atom stereocenters. The molecule has 0 aliphatic rings. The average Bonchev–Trinajstić information content (AvgIpc) is 1.97. The average molecular weight is 242 g/mol. The van der Waals surface area contributed by atoms with E-state index in [0.29, 0.717) is 0 Å². The zero-order valence-electron chi connectivity index (χ0n) is 7.96. The van der Waals surface area contributed by atoms with Gasteiger partial charge in [0.25, 0.3) is 0 Å². The molecule has 1 rings (SSSR count). The number of hydrogen-bond donors (Lipinski definition) is 0. The molecule has 0 aliphatic carbocycles. The van der Waals surface area contributed by atoms with Crippen molar-refractivity contribution in [2.45, 2.75) is 13.1 Å². The van der Waals surface area contributed by atoms with Crippen molar-refractivity contribution in [1.29, 1.82) is 0 Å². The fraction of sp³-hybridized carbons (Fsp3) is 0.286. The minimum Gasteiger partial charge on any atom is -0.246 e. The Morgan fingerprint density at radius 3 is 2.58 bits per heavy atom. The lowest BCUT2D eigenvalue weighted by atomic mass is 10.2. The third-order valence-corrected chi connectivity index (χ3v) is 1.58. The molecule has 0 aromatic carbocycles. The molecule has 1 aromatic heterocycles. The van der Waals surface area contributed by atoms with Crippen molar-refractivity contribution in [3.8, 4) is 0 Å². The van der Waals surface area contributed by atoms with Crippen LogP contribution in [0.2, 0.25) is 0 Å². The van der Waals surface area contributed by atoms with Crippen molar-refractivity contribution in [2.75, 3.05) is 0 Å². The summed E-state index contributed by atoms with van der Waals surface area (Å²) in [5.41, 5.74) is -1.45. The van der Waals surface area contributed by atoms with Gasteiger partial charge in [0, 0.05) is 0 Å². The minimum absolute atomic E-state index is 0.0481. The van der Waals surface area contributed by atoms with Gasteiger partial charge in [0.2, 0.25) is 0 Å². The van der Waals surface area contributed by atoms with Gasteiger partial charge in [-0.05, 0) is 34.9 Å². The molecule has 0 aliphatic heterocycles. The maximum absolute atomic E-state index is 12.4. The van der Waals surface area contributed by atoms with E-state index in [2.05, 4.69) is 20.9 Å². The number of aromatic nitrogens is 1. The summed E-state index contributed by atoms with van der Waals surface area (Å²) in [6.45, 7) is 1.16. The lowest BCUT2D eigenvalue weighted by Gasteiger charge is -2.08. The van der Waals surface area contributed by atoms with Gasteiger partial charge in [-0.25, -0.2) is 4.98 Å². The Bertz CT molecular complexity index is 378. The van der Waals surface area contributed by atoms with Crippen LogP contribution in [0.1, 0.15) is 14.0 Å². The number of pyridine rings is 1. The van der Waals surface area contributed by atoms with Crippen LogP contribution in [0.15, 0.2) is 16.7 Å². The number of halogens is 4. The van der Waals surface area contributed by atoms with Crippen LogP contribution in [-0.2, 0) is 6.18 Å². The maximum Gasteiger partial charge on any atom is 0.418 e. The summed E-state index contributed by atoms with van der Waals surface area (Å²) < 4.78 is 51.4. The maximum atomic E-state index is 12.4. The highest BCUT2D eigenvalue weighted by atomic mass is 79.9. The van der Waals surface area contributed by atoms with E-state index in [-0.39, 0.29) is 10.3 Å². The van der Waals surface area contributed by atoms with E-state index < -0.39 is 23.8 Å². The summed E-state index contributed by atoms with van der Waals surface area (Å²) in [5, 5.41) is 0. The lowest BCUT2D eigenvalue weighted by molar-refractivity contribution is -0.138. The van der Waals surface area contributed by atoms with Crippen molar-refractivity contribution >= 4 is 15.9 Å². The van der Waals surface area contributed by atoms with E-state index in [0.717, 1.165) is 6.92 Å². The molecule has 0 saturated heterocycles. The van der Waals surface area contributed by atoms with Gasteiger partial charge in [0.1, 0.15) is 4.60 Å². The molecule has 0 spiro atoms. The van der Waals surface area contributed by atoms with E-state index in [1.54, 1.807) is 0 Å². The second-order valence-electron chi connectivity index (χ2n) is 2.11. The predicted octanol–water partition coefficient (Wildman–Crippen LogP) is 3.17. The quantitative estimate of drug-likeness (QED) is 0.636. The van der Waals surface area contributed by atoms with Gasteiger partial charge in [0.05, 0.1) is 14.0 Å². The van der Waals surface area contributed by atoms with Gasteiger partial charge in [-0.1, -0.05) is 0 Å². The zero-order valence-corrected chi connectivity index (χ0v) is 7.55. The molecule has 0 unspecified atom stereocenters. The van der Waals surface area contributed by atoms with Crippen molar-refractivity contribution in [1.82, 2.24) is 4.98 Å². The van der Waals surface area contributed by atoms with Gasteiger partial charge >= 0.3 is 6.18 Å². The predicted molar refractivity (Wildman–Crippen MR) is 41.7 cm³/mol. The minimum atomic E-state index is -4.63. The Morgan fingerprint density at radius 2 is 2.08 bits per heavy atom. The van der Waals surface area contributed by atoms with Crippen molar-refractivity contribution in [3.63, 3.8) is 0 Å². The highest BCUT2D eigenvalue weighted by Gasteiger charge is 2.32. The molecule has 0 fully saturated rings. The molecule has 1 nitrogen and oxygen atoms in total. The van der Waals surface area contributed by atoms with Gasteiger partial charge < -0.3 is 0 Å². The first kappa shape index (κ1) is 6.88. The second kappa shape index (κ2) is 3.05. The van der Waals surface area contributed by atoms with Gasteiger partial charge in [-0.2, -0.15) is 13.2 Å². The van der Waals surface area contributed by atoms with E-state index in [9.17, 15) is 13.2 Å². The number of nitrogens with zero attached hydrogens (tertiary/aromatic N) is 1. The molecular weight excluding hydrogens is 235 g/mol. The van der Waals surface area contributed by atoms with E-state index in [4.69, 9.17) is 2.74 Å². The Morgan fingerprint density at radius 1 is 1.50 bits per heavy atom. The summed E-state index contributed by atoms with van der Waals surface area (Å²) in [6, 6.07) is -1.40. The first-order chi connectivity index (χ1) is 6.25. The molecular formula is C7H5BrF3N. The molecule has 0 saturated carbocycles. The standard InChI is InChI=1S/C7H5BrF3N/c1-4-5(7(9,10)11)2-3-6(8)12-4/h2-3H,1H3/i2D,3D. The molecule has 0 N–H and O–H groups in total. The first-order valence-corrected chi connectivity index (χ1v) is 3.75. The van der Waals surface area contributed by atoms with Crippen LogP contribution in [0.25, 0.3) is 0 Å². The van der Waals surface area contributed by atoms with E-state index in [1.165, 1.54) is 0 Å². The third-order valence-electron chi connectivity index (χ3n) is 1.20. The molecule has 0 radical (unpaired) electrons. The molecule has 66 valence electrons. The number of alkyl halides is 3. The van der Waals surface area contributed by atoms with Gasteiger partial charge in [0.15, 0.2) is 0 Å². The van der Waals surface area contributed by atoms with Crippen LogP contribution in [0.4, 0.5) is 13.2 Å². The van der Waals surface area contributed by atoms with Crippen LogP contribution in [0, 0.1) is 6.92 Å².